The highest BCUT2D eigenvalue weighted by Crippen LogP contribution is 2.07. The Labute approximate surface area is 136 Å². The molecule has 6 nitrogen and oxygen atoms in total. The Morgan fingerprint density at radius 2 is 1.96 bits per heavy atom. The van der Waals surface area contributed by atoms with Crippen molar-refractivity contribution < 1.29 is 9.53 Å². The first-order valence-electron chi connectivity index (χ1n) is 7.79. The molecule has 0 saturated carbocycles. The van der Waals surface area contributed by atoms with Gasteiger partial charge in [0.1, 0.15) is 5.60 Å². The lowest BCUT2D eigenvalue weighted by Gasteiger charge is -2.19. The van der Waals surface area contributed by atoms with Gasteiger partial charge in [0.25, 0.3) is 0 Å². The summed E-state index contributed by atoms with van der Waals surface area (Å²) in [6.07, 6.45) is 8.51. The molecule has 124 valence electrons. The van der Waals surface area contributed by atoms with Crippen molar-refractivity contribution in [1.82, 2.24) is 19.9 Å². The highest BCUT2D eigenvalue weighted by atomic mass is 16.6. The first-order chi connectivity index (χ1) is 10.9. The SMILES string of the molecule is CC(C)(C)OC(=O)NCCc1cncn1CCc1ccncc1. The number of carbonyl (C=O) groups is 1. The van der Waals surface area contributed by atoms with Crippen LogP contribution in [-0.4, -0.2) is 32.8 Å². The number of rotatable bonds is 6. The van der Waals surface area contributed by atoms with E-state index in [9.17, 15) is 4.79 Å². The van der Waals surface area contributed by atoms with Crippen LogP contribution in [0.1, 0.15) is 32.0 Å². The second-order valence-electron chi connectivity index (χ2n) is 6.36. The Morgan fingerprint density at radius 3 is 2.65 bits per heavy atom. The smallest absolute Gasteiger partial charge is 0.407 e. The summed E-state index contributed by atoms with van der Waals surface area (Å²) >= 11 is 0. The van der Waals surface area contributed by atoms with Gasteiger partial charge in [-0.25, -0.2) is 9.78 Å². The number of hydrogen-bond donors (Lipinski definition) is 1. The van der Waals surface area contributed by atoms with Crippen LogP contribution in [0.5, 0.6) is 0 Å². The first-order valence-corrected chi connectivity index (χ1v) is 7.79. The predicted molar refractivity (Wildman–Crippen MR) is 88.1 cm³/mol. The number of hydrogen-bond acceptors (Lipinski definition) is 4. The molecule has 2 rings (SSSR count). The molecule has 1 amide bonds. The maximum Gasteiger partial charge on any atom is 0.407 e. The maximum atomic E-state index is 11.6. The summed E-state index contributed by atoms with van der Waals surface area (Å²) in [5.41, 5.74) is 1.86. The Morgan fingerprint density at radius 1 is 1.22 bits per heavy atom. The quantitative estimate of drug-likeness (QED) is 0.889. The van der Waals surface area contributed by atoms with Gasteiger partial charge >= 0.3 is 6.09 Å². The lowest BCUT2D eigenvalue weighted by atomic mass is 10.2. The van der Waals surface area contributed by atoms with Crippen LogP contribution in [0.25, 0.3) is 0 Å². The second-order valence-corrected chi connectivity index (χ2v) is 6.36. The molecule has 0 bridgehead atoms. The van der Waals surface area contributed by atoms with E-state index in [1.165, 1.54) is 5.56 Å². The molecule has 0 aliphatic carbocycles. The zero-order valence-electron chi connectivity index (χ0n) is 14.0. The van der Waals surface area contributed by atoms with E-state index in [4.69, 9.17) is 4.74 Å². The molecule has 0 spiro atoms. The summed E-state index contributed by atoms with van der Waals surface area (Å²) < 4.78 is 7.32. The number of ether oxygens (including phenoxy) is 1. The van der Waals surface area contributed by atoms with Crippen LogP contribution in [0.2, 0.25) is 0 Å². The minimum absolute atomic E-state index is 0.389. The number of alkyl carbamates (subject to hydrolysis) is 1. The minimum atomic E-state index is -0.476. The number of nitrogens with one attached hydrogen (secondary N) is 1. The first kappa shape index (κ1) is 17.0. The van der Waals surface area contributed by atoms with E-state index < -0.39 is 5.60 Å². The van der Waals surface area contributed by atoms with Crippen LogP contribution >= 0.6 is 0 Å². The molecular formula is C17H24N4O2. The number of carbonyl (C=O) groups excluding carboxylic acids is 1. The summed E-state index contributed by atoms with van der Waals surface area (Å²) in [7, 11) is 0. The predicted octanol–water partition coefficient (Wildman–Crippen LogP) is 2.59. The van der Waals surface area contributed by atoms with Crippen molar-refractivity contribution in [1.29, 1.82) is 0 Å². The molecule has 6 heteroatoms. The molecule has 0 radical (unpaired) electrons. The van der Waals surface area contributed by atoms with Crippen molar-refractivity contribution >= 4 is 6.09 Å². The molecule has 2 aromatic heterocycles. The summed E-state index contributed by atoms with van der Waals surface area (Å²) in [6.45, 7) is 6.92. The van der Waals surface area contributed by atoms with Crippen molar-refractivity contribution in [2.45, 2.75) is 45.8 Å². The van der Waals surface area contributed by atoms with E-state index >= 15 is 0 Å². The molecule has 0 aromatic carbocycles. The molecule has 0 fully saturated rings. The van der Waals surface area contributed by atoms with Crippen molar-refractivity contribution in [2.24, 2.45) is 0 Å². The van der Waals surface area contributed by atoms with Crippen LogP contribution < -0.4 is 5.32 Å². The lowest BCUT2D eigenvalue weighted by molar-refractivity contribution is 0.0528. The summed E-state index contributed by atoms with van der Waals surface area (Å²) in [4.78, 5) is 19.8. The average molecular weight is 316 g/mol. The molecule has 0 unspecified atom stereocenters. The molecule has 1 N–H and O–H groups in total. The van der Waals surface area contributed by atoms with E-state index in [0.29, 0.717) is 6.54 Å². The van der Waals surface area contributed by atoms with Crippen LogP contribution in [0.3, 0.4) is 0 Å². The highest BCUT2D eigenvalue weighted by molar-refractivity contribution is 5.67. The van der Waals surface area contributed by atoms with Crippen molar-refractivity contribution in [3.8, 4) is 0 Å². The number of amides is 1. The molecule has 0 atom stereocenters. The molecule has 2 heterocycles. The third-order valence-electron chi connectivity index (χ3n) is 3.24. The van der Waals surface area contributed by atoms with E-state index in [2.05, 4.69) is 19.9 Å². The van der Waals surface area contributed by atoms with Crippen LogP contribution in [0.15, 0.2) is 37.1 Å². The van der Waals surface area contributed by atoms with Crippen molar-refractivity contribution in [3.63, 3.8) is 0 Å². The van der Waals surface area contributed by atoms with Gasteiger partial charge in [0, 0.05) is 43.8 Å². The van der Waals surface area contributed by atoms with Gasteiger partial charge in [-0.3, -0.25) is 4.98 Å². The Balaban J connectivity index is 1.78. The fraction of sp³-hybridized carbons (Fsp3) is 0.471. The molecule has 23 heavy (non-hydrogen) atoms. The highest BCUT2D eigenvalue weighted by Gasteiger charge is 2.15. The Bertz CT molecular complexity index is 617. The van der Waals surface area contributed by atoms with E-state index in [-0.39, 0.29) is 6.09 Å². The number of imidazole rings is 1. The van der Waals surface area contributed by atoms with Crippen LogP contribution in [0, 0.1) is 0 Å². The Hall–Kier alpha value is -2.37. The summed E-state index contributed by atoms with van der Waals surface area (Å²) in [6, 6.07) is 4.03. The number of aryl methyl sites for hydroxylation is 2. The standard InChI is InChI=1S/C17H24N4O2/c1-17(2,3)23-16(22)20-10-6-15-12-19-13-21(15)11-7-14-4-8-18-9-5-14/h4-5,8-9,12-13H,6-7,10-11H2,1-3H3,(H,20,22). The number of pyridine rings is 1. The van der Waals surface area contributed by atoms with Crippen molar-refractivity contribution in [3.05, 3.63) is 48.3 Å². The van der Waals surface area contributed by atoms with Gasteiger partial charge in [0.2, 0.25) is 0 Å². The van der Waals surface area contributed by atoms with Crippen LogP contribution in [0.4, 0.5) is 4.79 Å². The maximum absolute atomic E-state index is 11.6. The lowest BCUT2D eigenvalue weighted by Crippen LogP contribution is -2.33. The molecule has 0 aliphatic rings. The normalized spacial score (nSPS) is 11.3. The third kappa shape index (κ3) is 6.10. The Kier molecular flexibility index (Phi) is 5.73. The molecule has 0 aliphatic heterocycles. The van der Waals surface area contributed by atoms with Gasteiger partial charge in [0.05, 0.1) is 6.33 Å². The van der Waals surface area contributed by atoms with E-state index in [1.807, 2.05) is 45.4 Å². The zero-order valence-corrected chi connectivity index (χ0v) is 14.0. The third-order valence-corrected chi connectivity index (χ3v) is 3.24. The van der Waals surface area contributed by atoms with Crippen molar-refractivity contribution in [2.75, 3.05) is 6.54 Å². The van der Waals surface area contributed by atoms with Crippen LogP contribution in [-0.2, 0) is 24.1 Å². The van der Waals surface area contributed by atoms with Gasteiger partial charge in [-0.15, -0.1) is 0 Å². The van der Waals surface area contributed by atoms with E-state index in [0.717, 1.165) is 25.1 Å². The number of nitrogens with zero attached hydrogens (tertiary/aromatic N) is 3. The summed E-state index contributed by atoms with van der Waals surface area (Å²) in [5.74, 6) is 0. The second kappa shape index (κ2) is 7.76. The largest absolute Gasteiger partial charge is 0.444 e. The average Bonchev–Trinajstić information content (AvgIpc) is 2.92. The number of aromatic nitrogens is 3. The van der Waals surface area contributed by atoms with E-state index in [1.54, 1.807) is 12.4 Å². The fourth-order valence-electron chi connectivity index (χ4n) is 2.16. The van der Waals surface area contributed by atoms with Gasteiger partial charge in [0.15, 0.2) is 0 Å². The van der Waals surface area contributed by atoms with Gasteiger partial charge < -0.3 is 14.6 Å². The summed E-state index contributed by atoms with van der Waals surface area (Å²) in [5, 5.41) is 2.77. The molecule has 2 aromatic rings. The van der Waals surface area contributed by atoms with Gasteiger partial charge in [-0.2, -0.15) is 0 Å². The molecular weight excluding hydrogens is 292 g/mol. The topological polar surface area (TPSA) is 69.0 Å². The molecule has 0 saturated heterocycles. The van der Waals surface area contributed by atoms with Gasteiger partial charge in [-0.05, 0) is 44.9 Å². The minimum Gasteiger partial charge on any atom is -0.444 e. The van der Waals surface area contributed by atoms with Gasteiger partial charge in [-0.1, -0.05) is 0 Å². The zero-order chi connectivity index (χ0) is 16.7. The monoisotopic (exact) mass is 316 g/mol. The fourth-order valence-corrected chi connectivity index (χ4v) is 2.16.